The molecular weight excluding hydrogens is 219 g/mol. The molecule has 0 fully saturated rings. The van der Waals surface area contributed by atoms with Gasteiger partial charge in [0.25, 0.3) is 0 Å². The highest BCUT2D eigenvalue weighted by Gasteiger charge is 2.18. The van der Waals surface area contributed by atoms with E-state index in [1.807, 2.05) is 24.3 Å². The third-order valence-electron chi connectivity index (χ3n) is 2.61. The van der Waals surface area contributed by atoms with Crippen LogP contribution in [0.15, 0.2) is 60.0 Å². The molecule has 1 aromatic heterocycles. The van der Waals surface area contributed by atoms with E-state index in [0.29, 0.717) is 0 Å². The second-order valence-electron chi connectivity index (χ2n) is 3.61. The third kappa shape index (κ3) is 1.42. The number of halogens is 1. The van der Waals surface area contributed by atoms with Gasteiger partial charge in [-0.1, -0.05) is 24.3 Å². The van der Waals surface area contributed by atoms with E-state index in [1.54, 1.807) is 6.07 Å². The van der Waals surface area contributed by atoms with Crippen molar-refractivity contribution in [3.8, 4) is 4.90 Å². The summed E-state index contributed by atoms with van der Waals surface area (Å²) in [5.41, 5.74) is 0. The van der Waals surface area contributed by atoms with Gasteiger partial charge in [-0.25, -0.2) is 4.39 Å². The zero-order valence-electron chi connectivity index (χ0n) is 8.56. The summed E-state index contributed by atoms with van der Waals surface area (Å²) in [5.74, 6) is -0.118. The van der Waals surface area contributed by atoms with E-state index in [4.69, 9.17) is 0 Å². The maximum atomic E-state index is 13.7. The average Bonchev–Trinajstić information content (AvgIpc) is 2.74. The number of benzene rings is 2. The molecule has 0 saturated carbocycles. The van der Waals surface area contributed by atoms with Crippen molar-refractivity contribution < 1.29 is 4.39 Å². The normalized spacial score (nSPS) is 11.9. The van der Waals surface area contributed by atoms with Gasteiger partial charge in [-0.15, -0.1) is 0 Å². The van der Waals surface area contributed by atoms with Gasteiger partial charge in [0.1, 0.15) is 5.38 Å². The number of hydrogen-bond donors (Lipinski definition) is 0. The highest BCUT2D eigenvalue weighted by molar-refractivity contribution is 7.43. The van der Waals surface area contributed by atoms with Crippen molar-refractivity contribution >= 4 is 20.6 Å². The van der Waals surface area contributed by atoms with Crippen LogP contribution >= 0.6 is 10.5 Å². The zero-order chi connectivity index (χ0) is 11.0. The minimum Gasteiger partial charge on any atom is -0.201 e. The molecule has 0 nitrogen and oxygen atoms in total. The van der Waals surface area contributed by atoms with Crippen LogP contribution in [0.1, 0.15) is 0 Å². The summed E-state index contributed by atoms with van der Waals surface area (Å²) in [7, 11) is -0.233. The Morgan fingerprint density at radius 2 is 1.56 bits per heavy atom. The molecule has 2 heteroatoms. The van der Waals surface area contributed by atoms with E-state index in [0.717, 1.165) is 4.90 Å². The van der Waals surface area contributed by atoms with Crippen molar-refractivity contribution in [1.29, 1.82) is 0 Å². The van der Waals surface area contributed by atoms with E-state index in [9.17, 15) is 4.39 Å². The van der Waals surface area contributed by atoms with Gasteiger partial charge in [0.15, 0.2) is 10.5 Å². The molecule has 0 spiro atoms. The summed E-state index contributed by atoms with van der Waals surface area (Å²) in [6.07, 6.45) is 0. The first-order chi connectivity index (χ1) is 7.86. The number of rotatable bonds is 1. The zero-order valence-corrected chi connectivity index (χ0v) is 9.38. The fraction of sp³-hybridized carbons (Fsp3) is 0. The molecule has 2 aromatic carbocycles. The van der Waals surface area contributed by atoms with Crippen molar-refractivity contribution in [3.63, 3.8) is 0 Å². The van der Waals surface area contributed by atoms with Crippen LogP contribution in [0, 0.1) is 5.82 Å². The second kappa shape index (κ2) is 3.72. The molecule has 0 radical (unpaired) electrons. The maximum absolute atomic E-state index is 13.7. The van der Waals surface area contributed by atoms with Gasteiger partial charge >= 0.3 is 0 Å². The Kier molecular flexibility index (Phi) is 2.22. The molecule has 0 saturated heterocycles. The van der Waals surface area contributed by atoms with Crippen molar-refractivity contribution in [2.24, 2.45) is 0 Å². The minimum atomic E-state index is -0.233. The largest absolute Gasteiger partial charge is 0.214 e. The SMILES string of the molecule is Fc1ccccc1-[s+]1ccc2ccccc21. The van der Waals surface area contributed by atoms with Gasteiger partial charge < -0.3 is 0 Å². The molecule has 3 rings (SSSR count). The first-order valence-corrected chi connectivity index (χ1v) is 6.40. The second-order valence-corrected chi connectivity index (χ2v) is 5.44. The first kappa shape index (κ1) is 9.55. The molecule has 78 valence electrons. The topological polar surface area (TPSA) is 0 Å². The Morgan fingerprint density at radius 3 is 2.44 bits per heavy atom. The average molecular weight is 229 g/mol. The molecule has 1 unspecified atom stereocenters. The van der Waals surface area contributed by atoms with Crippen molar-refractivity contribution in [1.82, 2.24) is 0 Å². The van der Waals surface area contributed by atoms with Gasteiger partial charge in [-0.05, 0) is 18.2 Å². The van der Waals surface area contributed by atoms with Crippen LogP contribution in [0.3, 0.4) is 0 Å². The molecule has 1 heterocycles. The van der Waals surface area contributed by atoms with Crippen LogP contribution in [0.5, 0.6) is 0 Å². The van der Waals surface area contributed by atoms with Crippen LogP contribution in [0.4, 0.5) is 4.39 Å². The first-order valence-electron chi connectivity index (χ1n) is 5.11. The van der Waals surface area contributed by atoms with E-state index in [2.05, 4.69) is 23.6 Å². The Morgan fingerprint density at radius 1 is 0.812 bits per heavy atom. The number of hydrogen-bond acceptors (Lipinski definition) is 0. The summed E-state index contributed by atoms with van der Waals surface area (Å²) in [5, 5.41) is 3.29. The monoisotopic (exact) mass is 229 g/mol. The van der Waals surface area contributed by atoms with Crippen LogP contribution in [-0.2, 0) is 0 Å². The summed E-state index contributed by atoms with van der Waals surface area (Å²) >= 11 is 0. The lowest BCUT2D eigenvalue weighted by Crippen LogP contribution is -1.76. The van der Waals surface area contributed by atoms with Gasteiger partial charge in [-0.3, -0.25) is 0 Å². The summed E-state index contributed by atoms with van der Waals surface area (Å²) < 4.78 is 14.9. The van der Waals surface area contributed by atoms with E-state index >= 15 is 0 Å². The molecule has 0 aliphatic heterocycles. The fourth-order valence-corrected chi connectivity index (χ4v) is 3.78. The lowest BCUT2D eigenvalue weighted by molar-refractivity contribution is 0.634. The number of fused-ring (bicyclic) bond motifs is 1. The lowest BCUT2D eigenvalue weighted by Gasteiger charge is -1.92. The predicted octanol–water partition coefficient (Wildman–Crippen LogP) is 4.72. The number of thiophene rings is 1. The summed E-state index contributed by atoms with van der Waals surface area (Å²) in [4.78, 5) is 0.781. The molecule has 0 amide bonds. The molecule has 16 heavy (non-hydrogen) atoms. The fourth-order valence-electron chi connectivity index (χ4n) is 1.85. The molecule has 1 atom stereocenters. The Labute approximate surface area is 95.9 Å². The molecule has 0 aliphatic carbocycles. The van der Waals surface area contributed by atoms with Crippen molar-refractivity contribution in [2.75, 3.05) is 0 Å². The maximum Gasteiger partial charge on any atom is 0.214 e. The smallest absolute Gasteiger partial charge is 0.201 e. The predicted molar refractivity (Wildman–Crippen MR) is 67.7 cm³/mol. The van der Waals surface area contributed by atoms with Gasteiger partial charge in [-0.2, -0.15) is 0 Å². The molecule has 0 aliphatic rings. The van der Waals surface area contributed by atoms with Gasteiger partial charge in [0.2, 0.25) is 4.90 Å². The Hall–Kier alpha value is -1.67. The van der Waals surface area contributed by atoms with Crippen molar-refractivity contribution in [2.45, 2.75) is 0 Å². The highest BCUT2D eigenvalue weighted by Crippen LogP contribution is 2.40. The Bertz CT molecular complexity index is 640. The quantitative estimate of drug-likeness (QED) is 0.530. The third-order valence-corrected chi connectivity index (χ3v) is 4.67. The van der Waals surface area contributed by atoms with Gasteiger partial charge in [0.05, 0.1) is 0 Å². The van der Waals surface area contributed by atoms with Crippen LogP contribution in [0.2, 0.25) is 0 Å². The summed E-state index contributed by atoms with van der Waals surface area (Å²) in [6, 6.07) is 17.2. The highest BCUT2D eigenvalue weighted by atomic mass is 32.2. The van der Waals surface area contributed by atoms with Crippen molar-refractivity contribution in [3.05, 3.63) is 65.8 Å². The summed E-state index contributed by atoms with van der Waals surface area (Å²) in [6.45, 7) is 0. The van der Waals surface area contributed by atoms with E-state index in [-0.39, 0.29) is 16.3 Å². The minimum absolute atomic E-state index is 0.118. The van der Waals surface area contributed by atoms with E-state index in [1.165, 1.54) is 16.2 Å². The van der Waals surface area contributed by atoms with Crippen LogP contribution in [0.25, 0.3) is 15.0 Å². The van der Waals surface area contributed by atoms with E-state index < -0.39 is 0 Å². The molecular formula is C14H10FS+. The van der Waals surface area contributed by atoms with Crippen LogP contribution < -0.4 is 0 Å². The molecule has 3 aromatic rings. The Balaban J connectivity index is 2.31. The van der Waals surface area contributed by atoms with Crippen LogP contribution in [-0.4, -0.2) is 0 Å². The lowest BCUT2D eigenvalue weighted by atomic mass is 10.3. The van der Waals surface area contributed by atoms with Gasteiger partial charge in [0, 0.05) is 28.0 Å². The standard InChI is InChI=1S/C14H10FS/c15-12-6-2-4-8-14(12)16-10-9-11-5-1-3-7-13(11)16/h1-10H/q+1. The molecule has 0 bridgehead atoms. The molecule has 0 N–H and O–H groups in total.